The Bertz CT molecular complexity index is 833. The molecule has 1 heterocycles. The fraction of sp³-hybridized carbons (Fsp3) is 0.529. The van der Waals surface area contributed by atoms with Crippen LogP contribution in [0.2, 0.25) is 0 Å². The first-order chi connectivity index (χ1) is 12.8. The van der Waals surface area contributed by atoms with Gasteiger partial charge in [0.15, 0.2) is 0 Å². The van der Waals surface area contributed by atoms with Crippen LogP contribution in [0.5, 0.6) is 0 Å². The zero-order chi connectivity index (χ0) is 19.6. The summed E-state index contributed by atoms with van der Waals surface area (Å²) in [5.41, 5.74) is 0.290. The van der Waals surface area contributed by atoms with Crippen LogP contribution in [-0.4, -0.2) is 69.0 Å². The van der Waals surface area contributed by atoms with Gasteiger partial charge in [-0.3, -0.25) is 4.79 Å². The van der Waals surface area contributed by atoms with Gasteiger partial charge in [-0.05, 0) is 53.9 Å². The van der Waals surface area contributed by atoms with E-state index >= 15 is 0 Å². The summed E-state index contributed by atoms with van der Waals surface area (Å²) in [4.78, 5) is 27.9. The van der Waals surface area contributed by atoms with Crippen molar-refractivity contribution < 1.29 is 22.7 Å². The van der Waals surface area contributed by atoms with E-state index in [0.29, 0.717) is 42.8 Å². The number of nitrogens with zero attached hydrogens (tertiary/aromatic N) is 2. The minimum absolute atomic E-state index is 0.00578. The molecule has 2 amide bonds. The molecule has 0 spiro atoms. The van der Waals surface area contributed by atoms with Crippen molar-refractivity contribution in [2.75, 3.05) is 32.8 Å². The Morgan fingerprint density at radius 3 is 2.41 bits per heavy atom. The monoisotopic (exact) mass is 459 g/mol. The van der Waals surface area contributed by atoms with E-state index in [1.54, 1.807) is 22.8 Å². The number of halogens is 1. The Hall–Kier alpha value is -1.65. The van der Waals surface area contributed by atoms with Crippen LogP contribution >= 0.6 is 15.9 Å². The number of hydrogen-bond acceptors (Lipinski definition) is 5. The van der Waals surface area contributed by atoms with E-state index in [-0.39, 0.29) is 22.9 Å². The predicted octanol–water partition coefficient (Wildman–Crippen LogP) is 1.80. The highest BCUT2D eigenvalue weighted by Gasteiger charge is 2.30. The lowest BCUT2D eigenvalue weighted by Gasteiger charge is -2.34. The highest BCUT2D eigenvalue weighted by molar-refractivity contribution is 9.10. The van der Waals surface area contributed by atoms with Crippen molar-refractivity contribution in [3.63, 3.8) is 0 Å². The van der Waals surface area contributed by atoms with Gasteiger partial charge < -0.3 is 14.5 Å². The van der Waals surface area contributed by atoms with Crippen LogP contribution in [0.4, 0.5) is 4.79 Å². The molecule has 2 fully saturated rings. The fourth-order valence-corrected chi connectivity index (χ4v) is 4.55. The summed E-state index contributed by atoms with van der Waals surface area (Å²) in [7, 11) is -3.64. The van der Waals surface area contributed by atoms with Gasteiger partial charge in [0.05, 0.1) is 17.1 Å². The Kier molecular flexibility index (Phi) is 6.07. The molecule has 0 radical (unpaired) electrons. The third-order valence-electron chi connectivity index (χ3n) is 4.47. The molecule has 0 unspecified atom stereocenters. The minimum atomic E-state index is -3.64. The van der Waals surface area contributed by atoms with Crippen molar-refractivity contribution >= 4 is 38.0 Å². The van der Waals surface area contributed by atoms with E-state index in [9.17, 15) is 18.0 Å². The summed E-state index contributed by atoms with van der Waals surface area (Å²) in [6, 6.07) is 4.44. The lowest BCUT2D eigenvalue weighted by atomic mass is 10.2. The number of sulfonamides is 1. The number of hydrogen-bond donors (Lipinski definition) is 1. The molecule has 1 aromatic rings. The largest absolute Gasteiger partial charge is 0.450 e. The summed E-state index contributed by atoms with van der Waals surface area (Å²) in [5.74, 6) is -0.270. The van der Waals surface area contributed by atoms with Crippen molar-refractivity contribution in [2.24, 2.45) is 0 Å². The van der Waals surface area contributed by atoms with Crippen LogP contribution in [0, 0.1) is 0 Å². The summed E-state index contributed by atoms with van der Waals surface area (Å²) in [6.45, 7) is 3.53. The second kappa shape index (κ2) is 8.15. The molecule has 10 heteroatoms. The van der Waals surface area contributed by atoms with E-state index in [0.717, 1.165) is 12.8 Å². The van der Waals surface area contributed by atoms with E-state index in [2.05, 4.69) is 20.7 Å². The Balaban J connectivity index is 1.71. The average molecular weight is 460 g/mol. The van der Waals surface area contributed by atoms with Gasteiger partial charge in [-0.25, -0.2) is 17.9 Å². The van der Waals surface area contributed by atoms with Crippen LogP contribution in [-0.2, 0) is 14.8 Å². The quantitative estimate of drug-likeness (QED) is 0.723. The number of benzene rings is 1. The summed E-state index contributed by atoms with van der Waals surface area (Å²) in [6.07, 6.45) is 1.29. The molecule has 0 atom stereocenters. The molecular formula is C17H22BrN3O5S. The molecule has 148 valence electrons. The minimum Gasteiger partial charge on any atom is -0.450 e. The number of rotatable bonds is 5. The normalized spacial score (nSPS) is 17.7. The molecule has 1 N–H and O–H groups in total. The summed E-state index contributed by atoms with van der Waals surface area (Å²) in [5, 5.41) is 0. The number of piperazine rings is 1. The highest BCUT2D eigenvalue weighted by Crippen LogP contribution is 2.26. The Labute approximate surface area is 167 Å². The SMILES string of the molecule is CCOC(=O)N1CCN(C(=O)c2cc(S(=O)(=O)NC3CC3)ccc2Br)CC1. The standard InChI is InChI=1S/C17H22BrN3O5S/c1-2-26-17(23)21-9-7-20(8-10-21)16(22)14-11-13(5-6-15(14)18)27(24,25)19-12-3-4-12/h5-6,11-12,19H,2-4,7-10H2,1H3. The fourth-order valence-electron chi connectivity index (χ4n) is 2.80. The molecule has 2 aliphatic rings. The van der Waals surface area contributed by atoms with Crippen molar-refractivity contribution in [1.29, 1.82) is 0 Å². The van der Waals surface area contributed by atoms with Gasteiger partial charge in [0.2, 0.25) is 10.0 Å². The van der Waals surface area contributed by atoms with Gasteiger partial charge in [0.25, 0.3) is 5.91 Å². The number of carbonyl (C=O) groups is 2. The first-order valence-corrected chi connectivity index (χ1v) is 11.1. The van der Waals surface area contributed by atoms with Gasteiger partial charge in [-0.1, -0.05) is 0 Å². The summed E-state index contributed by atoms with van der Waals surface area (Å²) < 4.78 is 33.0. The lowest BCUT2D eigenvalue weighted by Crippen LogP contribution is -2.50. The zero-order valence-electron chi connectivity index (χ0n) is 15.0. The lowest BCUT2D eigenvalue weighted by molar-refractivity contribution is 0.0569. The average Bonchev–Trinajstić information content (AvgIpc) is 3.45. The van der Waals surface area contributed by atoms with Crippen LogP contribution in [0.1, 0.15) is 30.1 Å². The first-order valence-electron chi connectivity index (χ1n) is 8.84. The Morgan fingerprint density at radius 1 is 1.19 bits per heavy atom. The molecule has 3 rings (SSSR count). The molecule has 1 saturated heterocycles. The molecule has 1 aromatic carbocycles. The maximum atomic E-state index is 12.9. The maximum absolute atomic E-state index is 12.9. The Morgan fingerprint density at radius 2 is 1.81 bits per heavy atom. The van der Waals surface area contributed by atoms with Crippen LogP contribution in [0.15, 0.2) is 27.6 Å². The first kappa shape index (κ1) is 20.1. The smallest absolute Gasteiger partial charge is 0.409 e. The van der Waals surface area contributed by atoms with Crippen LogP contribution in [0.25, 0.3) is 0 Å². The highest BCUT2D eigenvalue weighted by atomic mass is 79.9. The van der Waals surface area contributed by atoms with Gasteiger partial charge in [-0.15, -0.1) is 0 Å². The van der Waals surface area contributed by atoms with E-state index < -0.39 is 10.0 Å². The summed E-state index contributed by atoms with van der Waals surface area (Å²) >= 11 is 3.34. The molecular weight excluding hydrogens is 438 g/mol. The van der Waals surface area contributed by atoms with Crippen molar-refractivity contribution in [1.82, 2.24) is 14.5 Å². The third kappa shape index (κ3) is 4.80. The number of amides is 2. The van der Waals surface area contributed by atoms with E-state index in [1.165, 1.54) is 12.1 Å². The zero-order valence-corrected chi connectivity index (χ0v) is 17.4. The second-order valence-corrected chi connectivity index (χ2v) is 9.08. The van der Waals surface area contributed by atoms with Gasteiger partial charge in [0, 0.05) is 36.7 Å². The van der Waals surface area contributed by atoms with Crippen molar-refractivity contribution in [2.45, 2.75) is 30.7 Å². The predicted molar refractivity (Wildman–Crippen MR) is 102 cm³/mol. The van der Waals surface area contributed by atoms with Gasteiger partial charge in [-0.2, -0.15) is 0 Å². The topological polar surface area (TPSA) is 96.0 Å². The molecule has 1 aliphatic heterocycles. The molecule has 27 heavy (non-hydrogen) atoms. The van der Waals surface area contributed by atoms with Crippen LogP contribution in [0.3, 0.4) is 0 Å². The molecule has 8 nitrogen and oxygen atoms in total. The maximum Gasteiger partial charge on any atom is 0.409 e. The van der Waals surface area contributed by atoms with Crippen molar-refractivity contribution in [3.8, 4) is 0 Å². The number of ether oxygens (including phenoxy) is 1. The van der Waals surface area contributed by atoms with E-state index in [4.69, 9.17) is 4.74 Å². The van der Waals surface area contributed by atoms with Crippen molar-refractivity contribution in [3.05, 3.63) is 28.2 Å². The molecule has 1 saturated carbocycles. The van der Waals surface area contributed by atoms with Gasteiger partial charge in [0.1, 0.15) is 0 Å². The third-order valence-corrected chi connectivity index (χ3v) is 6.68. The van der Waals surface area contributed by atoms with Crippen LogP contribution < -0.4 is 4.72 Å². The molecule has 0 bridgehead atoms. The molecule has 1 aliphatic carbocycles. The second-order valence-electron chi connectivity index (χ2n) is 6.52. The molecule has 0 aromatic heterocycles. The van der Waals surface area contributed by atoms with E-state index in [1.807, 2.05) is 0 Å². The number of carbonyl (C=O) groups excluding carboxylic acids is 2. The van der Waals surface area contributed by atoms with Gasteiger partial charge >= 0.3 is 6.09 Å². The number of nitrogens with one attached hydrogen (secondary N) is 1.